The molecule has 0 heterocycles. The predicted molar refractivity (Wildman–Crippen MR) is 69.9 cm³/mol. The van der Waals surface area contributed by atoms with Crippen molar-refractivity contribution in [3.63, 3.8) is 0 Å². The summed E-state index contributed by atoms with van der Waals surface area (Å²) in [7, 11) is -2.31. The number of halogens is 2. The summed E-state index contributed by atoms with van der Waals surface area (Å²) in [6.45, 7) is 3.65. The SMILES string of the molecule is C=CCc1ccc([PH](=O)OC=C(Cl)Cl)cc1. The van der Waals surface area contributed by atoms with E-state index in [0.29, 0.717) is 5.30 Å². The lowest BCUT2D eigenvalue weighted by molar-refractivity contribution is 0.472. The Kier molecular flexibility index (Phi) is 5.68. The summed E-state index contributed by atoms with van der Waals surface area (Å²) in [5.41, 5.74) is 1.11. The van der Waals surface area contributed by atoms with Crippen LogP contribution in [0.2, 0.25) is 0 Å². The molecule has 0 fully saturated rings. The van der Waals surface area contributed by atoms with E-state index in [0.717, 1.165) is 18.2 Å². The van der Waals surface area contributed by atoms with Crippen LogP contribution in [0.4, 0.5) is 0 Å². The van der Waals surface area contributed by atoms with Crippen LogP contribution in [-0.2, 0) is 15.5 Å². The van der Waals surface area contributed by atoms with Gasteiger partial charge in [-0.2, -0.15) is 0 Å². The fourth-order valence-electron chi connectivity index (χ4n) is 1.11. The normalized spacial score (nSPS) is 11.6. The van der Waals surface area contributed by atoms with Crippen molar-refractivity contribution in [1.82, 2.24) is 0 Å². The molecule has 2 nitrogen and oxygen atoms in total. The molecule has 0 amide bonds. The maximum Gasteiger partial charge on any atom is 0.265 e. The Morgan fingerprint density at radius 3 is 2.50 bits per heavy atom. The molecule has 1 unspecified atom stereocenters. The second-order valence-electron chi connectivity index (χ2n) is 3.00. The summed E-state index contributed by atoms with van der Waals surface area (Å²) >= 11 is 10.7. The van der Waals surface area contributed by atoms with Crippen LogP contribution in [0.3, 0.4) is 0 Å². The van der Waals surface area contributed by atoms with E-state index in [2.05, 4.69) is 6.58 Å². The van der Waals surface area contributed by atoms with Crippen LogP contribution in [0, 0.1) is 0 Å². The van der Waals surface area contributed by atoms with Crippen molar-refractivity contribution in [2.75, 3.05) is 0 Å². The lowest BCUT2D eigenvalue weighted by Crippen LogP contribution is -1.96. The average molecular weight is 277 g/mol. The Bertz CT molecular complexity index is 408. The van der Waals surface area contributed by atoms with Crippen molar-refractivity contribution in [3.05, 3.63) is 53.2 Å². The van der Waals surface area contributed by atoms with Crippen molar-refractivity contribution < 1.29 is 9.09 Å². The summed E-state index contributed by atoms with van der Waals surface area (Å²) < 4.78 is 16.4. The molecule has 16 heavy (non-hydrogen) atoms. The molecule has 5 heteroatoms. The zero-order valence-corrected chi connectivity index (χ0v) is 11.0. The third-order valence-electron chi connectivity index (χ3n) is 1.82. The topological polar surface area (TPSA) is 26.3 Å². The molecule has 0 aromatic heterocycles. The second kappa shape index (κ2) is 6.80. The molecule has 0 aliphatic carbocycles. The highest BCUT2D eigenvalue weighted by Gasteiger charge is 2.02. The van der Waals surface area contributed by atoms with Gasteiger partial charge in [-0.05, 0) is 24.1 Å². The molecule has 0 spiro atoms. The van der Waals surface area contributed by atoms with Gasteiger partial charge < -0.3 is 4.52 Å². The van der Waals surface area contributed by atoms with Gasteiger partial charge in [0.15, 0.2) is 0 Å². The number of benzene rings is 1. The van der Waals surface area contributed by atoms with Crippen molar-refractivity contribution in [2.45, 2.75) is 6.42 Å². The van der Waals surface area contributed by atoms with Gasteiger partial charge in [-0.3, -0.25) is 4.57 Å². The highest BCUT2D eigenvalue weighted by atomic mass is 35.5. The van der Waals surface area contributed by atoms with Crippen molar-refractivity contribution in [3.8, 4) is 0 Å². The molecular formula is C11H11Cl2O2P. The largest absolute Gasteiger partial charge is 0.447 e. The first-order valence-electron chi connectivity index (χ1n) is 4.55. The molecule has 0 bridgehead atoms. The minimum atomic E-state index is -2.31. The fourth-order valence-corrected chi connectivity index (χ4v) is 2.15. The molecule has 0 saturated heterocycles. The third-order valence-corrected chi connectivity index (χ3v) is 3.14. The Balaban J connectivity index is 2.70. The molecule has 86 valence electrons. The minimum absolute atomic E-state index is 0.0540. The van der Waals surface area contributed by atoms with Gasteiger partial charge in [-0.25, -0.2) is 0 Å². The molecule has 1 aromatic carbocycles. The number of hydrogen-bond donors (Lipinski definition) is 0. The van der Waals surface area contributed by atoms with E-state index >= 15 is 0 Å². The average Bonchev–Trinajstić information content (AvgIpc) is 2.27. The van der Waals surface area contributed by atoms with Crippen LogP contribution in [0.15, 0.2) is 47.7 Å². The number of hydrogen-bond acceptors (Lipinski definition) is 2. The molecule has 1 atom stereocenters. The van der Waals surface area contributed by atoms with E-state index in [9.17, 15) is 4.57 Å². The first kappa shape index (κ1) is 13.4. The van der Waals surface area contributed by atoms with Crippen LogP contribution in [0.5, 0.6) is 0 Å². The summed E-state index contributed by atoms with van der Waals surface area (Å²) in [5, 5.41) is 0.628. The van der Waals surface area contributed by atoms with E-state index in [1.807, 2.05) is 18.2 Å². The highest BCUT2D eigenvalue weighted by Crippen LogP contribution is 2.24. The fraction of sp³-hybridized carbons (Fsp3) is 0.0909. The summed E-state index contributed by atoms with van der Waals surface area (Å²) in [4.78, 5) is 0. The van der Waals surface area contributed by atoms with Gasteiger partial charge >= 0.3 is 0 Å². The van der Waals surface area contributed by atoms with E-state index in [1.54, 1.807) is 12.1 Å². The maximum atomic E-state index is 11.6. The second-order valence-corrected chi connectivity index (χ2v) is 5.40. The van der Waals surface area contributed by atoms with Gasteiger partial charge in [0, 0.05) is 5.30 Å². The van der Waals surface area contributed by atoms with Gasteiger partial charge in [0.1, 0.15) is 10.8 Å². The predicted octanol–water partition coefficient (Wildman–Crippen LogP) is 3.81. The monoisotopic (exact) mass is 276 g/mol. The van der Waals surface area contributed by atoms with E-state index in [4.69, 9.17) is 27.7 Å². The van der Waals surface area contributed by atoms with Crippen LogP contribution in [0.25, 0.3) is 0 Å². The Morgan fingerprint density at radius 2 is 2.00 bits per heavy atom. The summed E-state index contributed by atoms with van der Waals surface area (Å²) in [6, 6.07) is 7.29. The van der Waals surface area contributed by atoms with Crippen LogP contribution < -0.4 is 5.30 Å². The summed E-state index contributed by atoms with van der Waals surface area (Å²) in [5.74, 6) is 0. The van der Waals surface area contributed by atoms with Gasteiger partial charge in [0.25, 0.3) is 8.03 Å². The lowest BCUT2D eigenvalue weighted by Gasteiger charge is -2.02. The number of allylic oxidation sites excluding steroid dienone is 1. The third kappa shape index (κ3) is 4.44. The van der Waals surface area contributed by atoms with Crippen molar-refractivity contribution in [2.24, 2.45) is 0 Å². The molecule has 0 radical (unpaired) electrons. The van der Waals surface area contributed by atoms with Crippen LogP contribution in [0.1, 0.15) is 5.56 Å². The molecule has 0 saturated carbocycles. The first-order valence-corrected chi connectivity index (χ1v) is 6.62. The molecule has 1 rings (SSSR count). The molecular weight excluding hydrogens is 266 g/mol. The van der Waals surface area contributed by atoms with Crippen molar-refractivity contribution in [1.29, 1.82) is 0 Å². The molecule has 0 aliphatic rings. The van der Waals surface area contributed by atoms with E-state index < -0.39 is 8.03 Å². The van der Waals surface area contributed by atoms with E-state index in [1.165, 1.54) is 0 Å². The molecule has 0 N–H and O–H groups in total. The Morgan fingerprint density at radius 1 is 1.38 bits per heavy atom. The summed E-state index contributed by atoms with van der Waals surface area (Å²) in [6.07, 6.45) is 3.67. The van der Waals surface area contributed by atoms with Crippen LogP contribution in [-0.4, -0.2) is 0 Å². The van der Waals surface area contributed by atoms with Crippen molar-refractivity contribution >= 4 is 36.5 Å². The zero-order valence-electron chi connectivity index (χ0n) is 8.45. The zero-order chi connectivity index (χ0) is 12.0. The van der Waals surface area contributed by atoms with Gasteiger partial charge in [-0.15, -0.1) is 6.58 Å². The Labute approximate surface area is 105 Å². The highest BCUT2D eigenvalue weighted by molar-refractivity contribution is 7.48. The lowest BCUT2D eigenvalue weighted by atomic mass is 10.2. The molecule has 0 aliphatic heterocycles. The van der Waals surface area contributed by atoms with Gasteiger partial charge in [-0.1, -0.05) is 41.4 Å². The maximum absolute atomic E-state index is 11.6. The molecule has 1 aromatic rings. The van der Waals surface area contributed by atoms with Gasteiger partial charge in [0.2, 0.25) is 0 Å². The minimum Gasteiger partial charge on any atom is -0.447 e. The Hall–Kier alpha value is -0.690. The van der Waals surface area contributed by atoms with Gasteiger partial charge in [0.05, 0.1) is 0 Å². The standard InChI is InChI=1S/C11H11Cl2O2P/c1-2-3-9-4-6-10(7-5-9)16(14)15-8-11(12)13/h2,4-8,16H,1,3H2. The first-order chi connectivity index (χ1) is 7.63. The van der Waals surface area contributed by atoms with E-state index in [-0.39, 0.29) is 4.49 Å². The quantitative estimate of drug-likeness (QED) is 0.464. The number of rotatable bonds is 5. The van der Waals surface area contributed by atoms with Crippen LogP contribution >= 0.6 is 31.2 Å². The smallest absolute Gasteiger partial charge is 0.265 e.